The van der Waals surface area contributed by atoms with Gasteiger partial charge in [0, 0.05) is 22.5 Å². The van der Waals surface area contributed by atoms with E-state index in [9.17, 15) is 0 Å². The van der Waals surface area contributed by atoms with Crippen molar-refractivity contribution < 1.29 is 0 Å². The molecule has 1 saturated carbocycles. The second-order valence-corrected chi connectivity index (χ2v) is 23.3. The molecule has 0 unspecified atom stereocenters. The fourth-order valence-corrected chi connectivity index (χ4v) is 16.2. The van der Waals surface area contributed by atoms with Crippen LogP contribution in [0.15, 0.2) is 273 Å². The Labute approximate surface area is 474 Å². The Balaban J connectivity index is 0.748. The van der Waals surface area contributed by atoms with Crippen LogP contribution < -0.4 is 4.90 Å². The van der Waals surface area contributed by atoms with Crippen LogP contribution in [0.2, 0.25) is 0 Å². The van der Waals surface area contributed by atoms with E-state index in [1.807, 2.05) is 0 Å². The number of para-hydroxylation sites is 2. The predicted octanol–water partition coefficient (Wildman–Crippen LogP) is 20.4. The van der Waals surface area contributed by atoms with Crippen molar-refractivity contribution in [3.8, 4) is 44.5 Å². The Bertz CT molecular complexity index is 4440. The zero-order chi connectivity index (χ0) is 53.3. The van der Waals surface area contributed by atoms with E-state index < -0.39 is 10.8 Å². The van der Waals surface area contributed by atoms with Crippen LogP contribution in [0, 0.1) is 0 Å². The van der Waals surface area contributed by atoms with Gasteiger partial charge in [0.05, 0.1) is 10.8 Å². The summed E-state index contributed by atoms with van der Waals surface area (Å²) in [7, 11) is 0. The highest BCUT2D eigenvalue weighted by atomic mass is 15.1. The molecule has 0 saturated heterocycles. The highest BCUT2D eigenvalue weighted by Crippen LogP contribution is 2.68. The smallest absolute Gasteiger partial charge is 0.0720 e. The molecule has 0 heterocycles. The van der Waals surface area contributed by atoms with E-state index in [0.717, 1.165) is 0 Å². The first-order chi connectivity index (χ1) is 40.1. The predicted molar refractivity (Wildman–Crippen MR) is 337 cm³/mol. The van der Waals surface area contributed by atoms with Crippen LogP contribution >= 0.6 is 0 Å². The molecule has 12 aromatic carbocycles. The Morgan fingerprint density at radius 1 is 0.259 bits per heavy atom. The highest BCUT2D eigenvalue weighted by molar-refractivity contribution is 5.96. The molecular weight excluding hydrogens is 975 g/mol. The summed E-state index contributed by atoms with van der Waals surface area (Å²) < 4.78 is 0. The van der Waals surface area contributed by atoms with Crippen molar-refractivity contribution in [3.63, 3.8) is 0 Å². The van der Waals surface area contributed by atoms with Gasteiger partial charge in [0.1, 0.15) is 0 Å². The summed E-state index contributed by atoms with van der Waals surface area (Å²) in [6.45, 7) is 0. The monoisotopic (exact) mass is 1030 g/mol. The number of rotatable bonds is 6. The first-order valence-electron chi connectivity index (χ1n) is 29.2. The van der Waals surface area contributed by atoms with Gasteiger partial charge in [-0.25, -0.2) is 0 Å². The Morgan fingerprint density at radius 3 is 1.25 bits per heavy atom. The van der Waals surface area contributed by atoms with E-state index >= 15 is 0 Å². The molecule has 0 bridgehead atoms. The minimum atomic E-state index is -0.527. The number of hydrogen-bond acceptors (Lipinski definition) is 1. The van der Waals surface area contributed by atoms with E-state index in [1.54, 1.807) is 0 Å². The van der Waals surface area contributed by atoms with Gasteiger partial charge < -0.3 is 4.90 Å². The van der Waals surface area contributed by atoms with Gasteiger partial charge in [-0.15, -0.1) is 0 Å². The van der Waals surface area contributed by atoms with Gasteiger partial charge in [0.15, 0.2) is 0 Å². The Kier molecular flexibility index (Phi) is 10.1. The van der Waals surface area contributed by atoms with Crippen molar-refractivity contribution in [1.82, 2.24) is 0 Å². The maximum atomic E-state index is 2.57. The molecule has 0 atom stereocenters. The Hall–Kier alpha value is -9.56. The molecule has 1 nitrogen and oxygen atoms in total. The topological polar surface area (TPSA) is 3.24 Å². The summed E-state index contributed by atoms with van der Waals surface area (Å²) >= 11 is 0. The molecule has 17 rings (SSSR count). The minimum absolute atomic E-state index is 0.00641. The lowest BCUT2D eigenvalue weighted by molar-refractivity contribution is 0.353. The largest absolute Gasteiger partial charge is 0.310 e. The van der Waals surface area contributed by atoms with Crippen LogP contribution in [0.1, 0.15) is 98.9 Å². The third-order valence-electron chi connectivity index (χ3n) is 19.5. The van der Waals surface area contributed by atoms with Gasteiger partial charge >= 0.3 is 0 Å². The second kappa shape index (κ2) is 17.7. The summed E-state index contributed by atoms with van der Waals surface area (Å²) in [4.78, 5) is 2.42. The first-order valence-corrected chi connectivity index (χ1v) is 29.2. The fraction of sp³-hybridized carbons (Fsp3) is 0.100. The Morgan fingerprint density at radius 2 is 0.667 bits per heavy atom. The molecule has 0 radical (unpaired) electrons. The molecular formula is C80H57N. The van der Waals surface area contributed by atoms with Gasteiger partial charge in [-0.05, 0) is 189 Å². The molecule has 5 aliphatic carbocycles. The van der Waals surface area contributed by atoms with E-state index in [4.69, 9.17) is 0 Å². The summed E-state index contributed by atoms with van der Waals surface area (Å²) in [6, 6.07) is 104. The highest BCUT2D eigenvalue weighted by Gasteiger charge is 2.59. The first kappa shape index (κ1) is 46.4. The van der Waals surface area contributed by atoms with Crippen molar-refractivity contribution in [3.05, 3.63) is 340 Å². The second-order valence-electron chi connectivity index (χ2n) is 23.3. The molecule has 1 heteroatoms. The maximum absolute atomic E-state index is 2.57. The standard InChI is InChI=1S/C80H57N/c1-4-20-59(21-5-1)81(60-22-6-2-7-23-60)61-42-44-67-66-43-37-54(49-75(66)78(76(67)52-61)46-18-3-19-47-78)35-34-53-36-38-56-50-57(40-39-55(56)48-53)58-41-45-74-77(51-58)80(70-30-14-10-26-64(70)65-27-11-15-31-71(65)80)73-33-17-16-32-72(73)79(74)68-28-12-8-24-62(68)63-25-9-13-29-69(63)79/h1-2,4-17,20-45,48-52H,3,18-19,46-47H2/b35-34+. The number of anilines is 3. The molecule has 5 aliphatic rings. The molecule has 3 spiro atoms. The average Bonchev–Trinajstić information content (AvgIpc) is 4.23. The van der Waals surface area contributed by atoms with Crippen molar-refractivity contribution in [2.24, 2.45) is 0 Å². The third-order valence-corrected chi connectivity index (χ3v) is 19.5. The van der Waals surface area contributed by atoms with E-state index in [-0.39, 0.29) is 5.41 Å². The molecule has 1 fully saturated rings. The molecule has 382 valence electrons. The van der Waals surface area contributed by atoms with Gasteiger partial charge in [-0.1, -0.05) is 250 Å². The molecule has 12 aromatic rings. The van der Waals surface area contributed by atoms with Crippen LogP contribution in [0.25, 0.3) is 67.4 Å². The lowest BCUT2D eigenvalue weighted by Gasteiger charge is -2.49. The van der Waals surface area contributed by atoms with Crippen LogP contribution in [-0.4, -0.2) is 0 Å². The number of benzene rings is 12. The van der Waals surface area contributed by atoms with Crippen molar-refractivity contribution in [2.75, 3.05) is 4.90 Å². The number of fused-ring (bicyclic) bond motifs is 22. The number of nitrogens with zero attached hydrogens (tertiary/aromatic N) is 1. The van der Waals surface area contributed by atoms with Crippen LogP contribution in [0.4, 0.5) is 17.1 Å². The van der Waals surface area contributed by atoms with Crippen molar-refractivity contribution in [2.45, 2.75) is 48.3 Å². The lowest BCUT2D eigenvalue weighted by Crippen LogP contribution is -2.43. The van der Waals surface area contributed by atoms with Crippen molar-refractivity contribution in [1.29, 1.82) is 0 Å². The van der Waals surface area contributed by atoms with E-state index in [2.05, 4.69) is 290 Å². The van der Waals surface area contributed by atoms with Gasteiger partial charge in [0.25, 0.3) is 0 Å². The van der Waals surface area contributed by atoms with Crippen LogP contribution in [0.3, 0.4) is 0 Å². The summed E-state index contributed by atoms with van der Waals surface area (Å²) in [6.07, 6.45) is 10.8. The van der Waals surface area contributed by atoms with Crippen molar-refractivity contribution >= 4 is 40.0 Å². The lowest BCUT2D eigenvalue weighted by atomic mass is 9.52. The summed E-state index contributed by atoms with van der Waals surface area (Å²) in [5.74, 6) is 0. The third kappa shape index (κ3) is 6.49. The van der Waals surface area contributed by atoms with Gasteiger partial charge in [-0.2, -0.15) is 0 Å². The molecule has 81 heavy (non-hydrogen) atoms. The quantitative estimate of drug-likeness (QED) is 0.150. The zero-order valence-corrected chi connectivity index (χ0v) is 45.1. The maximum Gasteiger partial charge on any atom is 0.0720 e. The fourth-order valence-electron chi connectivity index (χ4n) is 16.2. The summed E-state index contributed by atoms with van der Waals surface area (Å²) in [5, 5.41) is 2.48. The van der Waals surface area contributed by atoms with E-state index in [1.165, 1.54) is 171 Å². The minimum Gasteiger partial charge on any atom is -0.310 e. The number of hydrogen-bond donors (Lipinski definition) is 0. The van der Waals surface area contributed by atoms with E-state index in [0.29, 0.717) is 0 Å². The molecule has 0 N–H and O–H groups in total. The zero-order valence-electron chi connectivity index (χ0n) is 45.1. The van der Waals surface area contributed by atoms with Gasteiger partial charge in [0.2, 0.25) is 0 Å². The normalized spacial score (nSPS) is 15.7. The summed E-state index contributed by atoms with van der Waals surface area (Å²) in [5.41, 5.74) is 29.4. The SMILES string of the molecule is C(=C\c1ccc2cc(-c3ccc4c(c3)C3(c5ccccc5-c5ccccc53)c3ccccc3C43c4ccccc4-c4ccccc43)ccc2c1)/c1ccc2c(c1)C1(CCCCC1)c1cc(N(c3ccccc3)c3ccccc3)ccc1-2. The van der Waals surface area contributed by atoms with Gasteiger partial charge in [-0.3, -0.25) is 0 Å². The average molecular weight is 1030 g/mol. The molecule has 0 amide bonds. The van der Waals surface area contributed by atoms with Crippen LogP contribution in [0.5, 0.6) is 0 Å². The molecule has 0 aromatic heterocycles. The molecule has 0 aliphatic heterocycles. The van der Waals surface area contributed by atoms with Crippen LogP contribution in [-0.2, 0) is 16.2 Å².